The van der Waals surface area contributed by atoms with Crippen molar-refractivity contribution >= 4 is 5.82 Å². The Hall–Kier alpha value is -1.88. The summed E-state index contributed by atoms with van der Waals surface area (Å²) in [5.74, 6) is 1.93. The molecular weight excluding hydrogens is 264 g/mol. The molecule has 1 aliphatic heterocycles. The molecule has 2 aromatic rings. The largest absolute Gasteiger partial charge is 0.472 e. The van der Waals surface area contributed by atoms with Gasteiger partial charge in [0.25, 0.3) is 0 Å². The van der Waals surface area contributed by atoms with Gasteiger partial charge in [0.05, 0.1) is 18.2 Å². The normalized spacial score (nSPS) is 15.6. The van der Waals surface area contributed by atoms with E-state index in [9.17, 15) is 0 Å². The van der Waals surface area contributed by atoms with E-state index in [0.29, 0.717) is 0 Å². The zero-order valence-corrected chi connectivity index (χ0v) is 13.0. The van der Waals surface area contributed by atoms with Gasteiger partial charge in [0.2, 0.25) is 0 Å². The molecule has 0 aliphatic carbocycles. The van der Waals surface area contributed by atoms with Gasteiger partial charge in [0.1, 0.15) is 11.6 Å². The maximum absolute atomic E-state index is 5.16. The number of aryl methyl sites for hydroxylation is 1. The quantitative estimate of drug-likeness (QED) is 0.864. The maximum Gasteiger partial charge on any atom is 0.135 e. The smallest absolute Gasteiger partial charge is 0.135 e. The molecule has 112 valence electrons. The van der Waals surface area contributed by atoms with Crippen LogP contribution in [0.15, 0.2) is 23.0 Å². The SMILES string of the molecule is Cc1nc2c(c(N(C)C)n1)CCN(Cc1ccoc1)CC2. The molecule has 0 spiro atoms. The van der Waals surface area contributed by atoms with Crippen LogP contribution in [-0.2, 0) is 19.4 Å². The van der Waals surface area contributed by atoms with Gasteiger partial charge in [0, 0.05) is 51.3 Å². The first-order valence-electron chi connectivity index (χ1n) is 7.40. The minimum absolute atomic E-state index is 0.862. The van der Waals surface area contributed by atoms with E-state index in [1.165, 1.54) is 16.8 Å². The van der Waals surface area contributed by atoms with Crippen LogP contribution in [0.2, 0.25) is 0 Å². The molecule has 0 amide bonds. The Morgan fingerprint density at radius 2 is 2.05 bits per heavy atom. The van der Waals surface area contributed by atoms with E-state index in [-0.39, 0.29) is 0 Å². The van der Waals surface area contributed by atoms with Crippen LogP contribution >= 0.6 is 0 Å². The average molecular weight is 286 g/mol. The minimum Gasteiger partial charge on any atom is -0.472 e. The third-order valence-electron chi connectivity index (χ3n) is 3.94. The van der Waals surface area contributed by atoms with E-state index < -0.39 is 0 Å². The Labute approximate surface area is 125 Å². The van der Waals surface area contributed by atoms with Gasteiger partial charge in [-0.05, 0) is 19.4 Å². The second-order valence-corrected chi connectivity index (χ2v) is 5.82. The van der Waals surface area contributed by atoms with Crippen molar-refractivity contribution in [3.05, 3.63) is 41.2 Å². The molecule has 0 saturated carbocycles. The molecule has 3 rings (SSSR count). The molecular formula is C16H22N4O. The van der Waals surface area contributed by atoms with Crippen molar-refractivity contribution in [2.75, 3.05) is 32.1 Å². The first-order chi connectivity index (χ1) is 10.1. The fourth-order valence-electron chi connectivity index (χ4n) is 2.92. The summed E-state index contributed by atoms with van der Waals surface area (Å²) in [6.07, 6.45) is 5.55. The highest BCUT2D eigenvalue weighted by atomic mass is 16.3. The first kappa shape index (κ1) is 14.1. The molecule has 0 saturated heterocycles. The number of aromatic nitrogens is 2. The number of nitrogens with zero attached hydrogens (tertiary/aromatic N) is 4. The zero-order valence-electron chi connectivity index (χ0n) is 13.0. The third kappa shape index (κ3) is 3.08. The van der Waals surface area contributed by atoms with Gasteiger partial charge in [-0.3, -0.25) is 4.90 Å². The fraction of sp³-hybridized carbons (Fsp3) is 0.500. The van der Waals surface area contributed by atoms with E-state index >= 15 is 0 Å². The highest BCUT2D eigenvalue weighted by Gasteiger charge is 2.20. The highest BCUT2D eigenvalue weighted by molar-refractivity contribution is 5.48. The van der Waals surface area contributed by atoms with Crippen LogP contribution < -0.4 is 4.90 Å². The lowest BCUT2D eigenvalue weighted by Crippen LogP contribution is -2.25. The maximum atomic E-state index is 5.16. The number of fused-ring (bicyclic) bond motifs is 1. The lowest BCUT2D eigenvalue weighted by molar-refractivity contribution is 0.278. The van der Waals surface area contributed by atoms with Gasteiger partial charge in [-0.25, -0.2) is 9.97 Å². The number of furan rings is 1. The Morgan fingerprint density at radius 3 is 2.76 bits per heavy atom. The van der Waals surface area contributed by atoms with Crippen LogP contribution in [0.5, 0.6) is 0 Å². The van der Waals surface area contributed by atoms with E-state index in [0.717, 1.165) is 44.1 Å². The van der Waals surface area contributed by atoms with Gasteiger partial charge in [0.15, 0.2) is 0 Å². The first-order valence-corrected chi connectivity index (χ1v) is 7.40. The molecule has 3 heterocycles. The van der Waals surface area contributed by atoms with Crippen LogP contribution in [0.1, 0.15) is 22.6 Å². The number of anilines is 1. The molecule has 0 radical (unpaired) electrons. The minimum atomic E-state index is 0.862. The number of rotatable bonds is 3. The lowest BCUT2D eigenvalue weighted by atomic mass is 10.1. The zero-order chi connectivity index (χ0) is 14.8. The van der Waals surface area contributed by atoms with Gasteiger partial charge in [-0.1, -0.05) is 0 Å². The summed E-state index contributed by atoms with van der Waals surface area (Å²) in [5, 5.41) is 0. The summed E-state index contributed by atoms with van der Waals surface area (Å²) in [4.78, 5) is 13.8. The summed E-state index contributed by atoms with van der Waals surface area (Å²) < 4.78 is 5.16. The van der Waals surface area contributed by atoms with Crippen molar-refractivity contribution in [3.8, 4) is 0 Å². The molecule has 2 aromatic heterocycles. The molecule has 0 aromatic carbocycles. The Bertz CT molecular complexity index is 607. The van der Waals surface area contributed by atoms with E-state index in [1.807, 2.05) is 19.3 Å². The van der Waals surface area contributed by atoms with Crippen molar-refractivity contribution in [1.82, 2.24) is 14.9 Å². The van der Waals surface area contributed by atoms with Gasteiger partial charge in [-0.2, -0.15) is 0 Å². The summed E-state index contributed by atoms with van der Waals surface area (Å²) in [6, 6.07) is 2.03. The van der Waals surface area contributed by atoms with Crippen LogP contribution in [0.4, 0.5) is 5.82 Å². The van der Waals surface area contributed by atoms with Crippen molar-refractivity contribution < 1.29 is 4.42 Å². The van der Waals surface area contributed by atoms with Crippen molar-refractivity contribution in [2.45, 2.75) is 26.3 Å². The van der Waals surface area contributed by atoms with Crippen molar-refractivity contribution in [2.24, 2.45) is 0 Å². The number of hydrogen-bond donors (Lipinski definition) is 0. The number of hydrogen-bond acceptors (Lipinski definition) is 5. The van der Waals surface area contributed by atoms with Crippen LogP contribution in [-0.4, -0.2) is 42.1 Å². The molecule has 0 fully saturated rings. The molecule has 0 bridgehead atoms. The second-order valence-electron chi connectivity index (χ2n) is 5.82. The highest BCUT2D eigenvalue weighted by Crippen LogP contribution is 2.23. The van der Waals surface area contributed by atoms with E-state index in [1.54, 1.807) is 6.26 Å². The van der Waals surface area contributed by atoms with Gasteiger partial charge < -0.3 is 9.32 Å². The predicted octanol–water partition coefficient (Wildman–Crippen LogP) is 2.04. The van der Waals surface area contributed by atoms with Crippen LogP contribution in [0.3, 0.4) is 0 Å². The predicted molar refractivity (Wildman–Crippen MR) is 82.5 cm³/mol. The van der Waals surface area contributed by atoms with Crippen molar-refractivity contribution in [1.29, 1.82) is 0 Å². The third-order valence-corrected chi connectivity index (χ3v) is 3.94. The Balaban J connectivity index is 1.80. The molecule has 1 aliphatic rings. The van der Waals surface area contributed by atoms with Crippen LogP contribution in [0.25, 0.3) is 0 Å². The molecule has 0 N–H and O–H groups in total. The van der Waals surface area contributed by atoms with Gasteiger partial charge >= 0.3 is 0 Å². The molecule has 21 heavy (non-hydrogen) atoms. The van der Waals surface area contributed by atoms with E-state index in [4.69, 9.17) is 4.42 Å². The van der Waals surface area contributed by atoms with Gasteiger partial charge in [-0.15, -0.1) is 0 Å². The Morgan fingerprint density at radius 1 is 1.24 bits per heavy atom. The summed E-state index contributed by atoms with van der Waals surface area (Å²) >= 11 is 0. The lowest BCUT2D eigenvalue weighted by Gasteiger charge is -2.19. The van der Waals surface area contributed by atoms with E-state index in [2.05, 4.69) is 33.9 Å². The molecule has 0 atom stereocenters. The van der Waals surface area contributed by atoms with Crippen LogP contribution in [0, 0.1) is 6.92 Å². The fourth-order valence-corrected chi connectivity index (χ4v) is 2.92. The molecule has 5 heteroatoms. The second kappa shape index (κ2) is 5.85. The molecule has 5 nitrogen and oxygen atoms in total. The monoisotopic (exact) mass is 286 g/mol. The summed E-state index contributed by atoms with van der Waals surface area (Å²) in [6.45, 7) is 4.97. The Kier molecular flexibility index (Phi) is 3.92. The summed E-state index contributed by atoms with van der Waals surface area (Å²) in [5.41, 5.74) is 3.75. The summed E-state index contributed by atoms with van der Waals surface area (Å²) in [7, 11) is 4.10. The van der Waals surface area contributed by atoms with Crippen molar-refractivity contribution in [3.63, 3.8) is 0 Å². The standard InChI is InChI=1S/C16H22N4O/c1-12-17-15-5-8-20(10-13-6-9-21-11-13)7-4-14(15)16(18-12)19(2)3/h6,9,11H,4-5,7-8,10H2,1-3H3. The molecule has 0 unspecified atom stereocenters. The topological polar surface area (TPSA) is 45.4 Å². The average Bonchev–Trinajstić information content (AvgIpc) is 2.87.